The van der Waals surface area contributed by atoms with Gasteiger partial charge >= 0.3 is 17.9 Å². The van der Waals surface area contributed by atoms with Gasteiger partial charge in [-0.1, -0.05) is 20.8 Å². The summed E-state index contributed by atoms with van der Waals surface area (Å²) in [6.45, 7) is 6.84. The van der Waals surface area contributed by atoms with Crippen molar-refractivity contribution < 1.29 is 53.4 Å². The van der Waals surface area contributed by atoms with Gasteiger partial charge in [0, 0.05) is 24.2 Å². The minimum Gasteiger partial charge on any atom is -0.504 e. The van der Waals surface area contributed by atoms with Crippen LogP contribution in [0, 0.1) is 34.5 Å². The lowest BCUT2D eigenvalue weighted by molar-refractivity contribution is -0.290. The highest BCUT2D eigenvalue weighted by Gasteiger charge is 2.85. The van der Waals surface area contributed by atoms with E-state index in [0.717, 1.165) is 7.11 Å². The van der Waals surface area contributed by atoms with Crippen molar-refractivity contribution in [1.29, 1.82) is 0 Å². The van der Waals surface area contributed by atoms with Crippen molar-refractivity contribution in [2.45, 2.75) is 77.0 Å². The molecule has 11 nitrogen and oxygen atoms in total. The third kappa shape index (κ3) is 3.10. The molecule has 1 spiro atoms. The molecule has 2 bridgehead atoms. The number of hydrogen-bond donors (Lipinski definition) is 3. The molecular weight excluding hydrogens is 488 g/mol. The highest BCUT2D eigenvalue weighted by molar-refractivity contribution is 5.95. The number of ketones is 1. The Morgan fingerprint density at radius 3 is 2.49 bits per heavy atom. The number of carbonyl (C=O) groups excluding carboxylic acids is 4. The smallest absolute Gasteiger partial charge is 0.348 e. The van der Waals surface area contributed by atoms with Crippen molar-refractivity contribution in [3.8, 4) is 0 Å². The molecule has 0 unspecified atom stereocenters. The van der Waals surface area contributed by atoms with Crippen molar-refractivity contribution in [3.05, 3.63) is 11.3 Å². The number of methoxy groups -OCH3 is 1. The van der Waals surface area contributed by atoms with E-state index in [9.17, 15) is 34.5 Å². The number of allylic oxidation sites excluding steroid dienone is 2. The number of esters is 3. The number of aliphatic hydroxyl groups is 3. The molecule has 3 aliphatic carbocycles. The molecule has 0 aromatic rings. The number of Topliss-reactive ketones (excluding diaryl/α,β-unsaturated/α-hetero) is 1. The quantitative estimate of drug-likeness (QED) is 0.349. The largest absolute Gasteiger partial charge is 0.504 e. The second kappa shape index (κ2) is 8.25. The zero-order valence-electron chi connectivity index (χ0n) is 21.6. The van der Waals surface area contributed by atoms with Crippen LogP contribution in [0.25, 0.3) is 0 Å². The molecule has 2 heterocycles. The van der Waals surface area contributed by atoms with Crippen molar-refractivity contribution in [2.24, 2.45) is 34.5 Å². The highest BCUT2D eigenvalue weighted by Crippen LogP contribution is 2.72. The van der Waals surface area contributed by atoms with E-state index in [4.69, 9.17) is 18.9 Å². The Balaban J connectivity index is 1.72. The van der Waals surface area contributed by atoms with Crippen LogP contribution in [0.1, 0.15) is 47.0 Å². The van der Waals surface area contributed by atoms with Gasteiger partial charge in [-0.25, -0.2) is 9.59 Å². The van der Waals surface area contributed by atoms with E-state index in [1.807, 2.05) is 13.8 Å². The molecule has 2 aliphatic heterocycles. The van der Waals surface area contributed by atoms with Gasteiger partial charge in [0.2, 0.25) is 11.7 Å². The second-order valence-corrected chi connectivity index (χ2v) is 11.9. The molecule has 0 aromatic heterocycles. The molecule has 2 saturated carbocycles. The maximum atomic E-state index is 13.4. The van der Waals surface area contributed by atoms with Crippen LogP contribution in [-0.2, 0) is 38.1 Å². The Morgan fingerprint density at radius 1 is 1.19 bits per heavy atom. The lowest BCUT2D eigenvalue weighted by Crippen LogP contribution is -2.79. The predicted molar refractivity (Wildman–Crippen MR) is 123 cm³/mol. The van der Waals surface area contributed by atoms with Gasteiger partial charge < -0.3 is 34.3 Å². The first-order valence-electron chi connectivity index (χ1n) is 12.7. The van der Waals surface area contributed by atoms with E-state index >= 15 is 0 Å². The van der Waals surface area contributed by atoms with Crippen LogP contribution in [0.2, 0.25) is 0 Å². The van der Waals surface area contributed by atoms with E-state index < -0.39 is 82.3 Å². The zero-order valence-corrected chi connectivity index (χ0v) is 21.6. The normalized spacial score (nSPS) is 46.2. The fraction of sp³-hybridized carbons (Fsp3) is 0.769. The summed E-state index contributed by atoms with van der Waals surface area (Å²) in [5.41, 5.74) is -4.05. The molecule has 0 aromatic carbocycles. The lowest BCUT2D eigenvalue weighted by Gasteiger charge is -2.67. The molecule has 2 saturated heterocycles. The van der Waals surface area contributed by atoms with Gasteiger partial charge in [0.05, 0.1) is 25.7 Å². The summed E-state index contributed by atoms with van der Waals surface area (Å²) in [6, 6.07) is 0. The summed E-state index contributed by atoms with van der Waals surface area (Å²) < 4.78 is 22.6. The van der Waals surface area contributed by atoms with E-state index in [0.29, 0.717) is 5.57 Å². The highest BCUT2D eigenvalue weighted by atomic mass is 16.6. The van der Waals surface area contributed by atoms with Crippen molar-refractivity contribution in [1.82, 2.24) is 0 Å². The minimum atomic E-state index is -2.19. The van der Waals surface area contributed by atoms with Crippen LogP contribution >= 0.6 is 0 Å². The summed E-state index contributed by atoms with van der Waals surface area (Å²) in [6.07, 6.45) is -5.87. The Kier molecular flexibility index (Phi) is 5.82. The summed E-state index contributed by atoms with van der Waals surface area (Å²) in [7, 11) is 1.10. The van der Waals surface area contributed by atoms with Crippen molar-refractivity contribution in [3.63, 3.8) is 0 Å². The Bertz CT molecular complexity index is 1100. The molecule has 10 atom stereocenters. The number of ether oxygens (including phenoxy) is 4. The number of fused-ring (bicyclic) bond motifs is 2. The van der Waals surface area contributed by atoms with Crippen LogP contribution in [0.15, 0.2) is 11.3 Å². The van der Waals surface area contributed by atoms with Gasteiger partial charge in [0.15, 0.2) is 11.5 Å². The average Bonchev–Trinajstić information content (AvgIpc) is 3.12. The molecule has 5 aliphatic rings. The van der Waals surface area contributed by atoms with Crippen molar-refractivity contribution >= 4 is 23.7 Å². The first-order chi connectivity index (χ1) is 17.3. The predicted octanol–water partition coefficient (Wildman–Crippen LogP) is 0.597. The van der Waals surface area contributed by atoms with Crippen LogP contribution in [0.4, 0.5) is 0 Å². The number of hydrogen-bond acceptors (Lipinski definition) is 11. The molecule has 4 fully saturated rings. The third-order valence-corrected chi connectivity index (χ3v) is 9.67. The van der Waals surface area contributed by atoms with E-state index in [1.165, 1.54) is 0 Å². The molecule has 0 radical (unpaired) electrons. The average molecular weight is 523 g/mol. The monoisotopic (exact) mass is 522 g/mol. The standard InChI is InChI=1S/C26H34O11/c1-10(2)6-15(28)37-18-20-25-9-35-26(20,23(33)34-5)21(31)17(30)19(25)24(4)8-13(27)16(29)11(3)12(24)7-14(25)36-22(18)32/h10,12,14,17-21,29-31H,6-9H2,1-5H3/t12-,14+,17+,18+,19+,20+,21-,24-,25+,26+/m0/s1. The van der Waals surface area contributed by atoms with Gasteiger partial charge in [-0.15, -0.1) is 0 Å². The van der Waals surface area contributed by atoms with Crippen molar-refractivity contribution in [2.75, 3.05) is 13.7 Å². The van der Waals surface area contributed by atoms with Crippen LogP contribution in [0.3, 0.4) is 0 Å². The Morgan fingerprint density at radius 2 is 1.86 bits per heavy atom. The maximum absolute atomic E-state index is 13.4. The second-order valence-electron chi connectivity index (χ2n) is 11.9. The molecule has 11 heteroatoms. The SMILES string of the molecule is COC(=O)[C@]12OC[C@]34[C@H]([C@@H](O)[C@@H]1O)[C@@]1(C)CC(=O)C(O)=C(C)[C@@H]1C[C@H]3OC(=O)[C@H](OC(=O)CC(C)C)[C@@H]24. The third-order valence-electron chi connectivity index (χ3n) is 9.67. The summed E-state index contributed by atoms with van der Waals surface area (Å²) in [5, 5.41) is 33.6. The van der Waals surface area contributed by atoms with Crippen LogP contribution < -0.4 is 0 Å². The minimum absolute atomic E-state index is 0.00513. The first kappa shape index (κ1) is 26.1. The van der Waals surface area contributed by atoms with Gasteiger partial charge in [0.1, 0.15) is 12.2 Å². The van der Waals surface area contributed by atoms with Gasteiger partial charge in [-0.05, 0) is 36.2 Å². The maximum Gasteiger partial charge on any atom is 0.348 e. The zero-order chi connectivity index (χ0) is 27.2. The Labute approximate surface area is 214 Å². The molecule has 204 valence electrons. The van der Waals surface area contributed by atoms with Crippen LogP contribution in [0.5, 0.6) is 0 Å². The number of carbonyl (C=O) groups is 4. The summed E-state index contributed by atoms with van der Waals surface area (Å²) in [5.74, 6) is -6.09. The number of aliphatic hydroxyl groups excluding tert-OH is 3. The van der Waals surface area contributed by atoms with Gasteiger partial charge in [0.25, 0.3) is 0 Å². The molecular formula is C26H34O11. The molecule has 3 N–H and O–H groups in total. The molecule has 0 amide bonds. The topological polar surface area (TPSA) is 166 Å². The fourth-order valence-corrected chi connectivity index (χ4v) is 8.38. The van der Waals surface area contributed by atoms with Gasteiger partial charge in [-0.2, -0.15) is 0 Å². The molecule has 5 rings (SSSR count). The van der Waals surface area contributed by atoms with Crippen LogP contribution in [-0.4, -0.2) is 82.7 Å². The molecule has 37 heavy (non-hydrogen) atoms. The number of rotatable bonds is 4. The summed E-state index contributed by atoms with van der Waals surface area (Å²) in [4.78, 5) is 52.3. The van der Waals surface area contributed by atoms with E-state index in [-0.39, 0.29) is 37.5 Å². The fourth-order valence-electron chi connectivity index (χ4n) is 8.38. The first-order valence-corrected chi connectivity index (χ1v) is 12.7. The van der Waals surface area contributed by atoms with Gasteiger partial charge in [-0.3, -0.25) is 9.59 Å². The summed E-state index contributed by atoms with van der Waals surface area (Å²) >= 11 is 0. The lowest BCUT2D eigenvalue weighted by atomic mass is 9.38. The Hall–Kier alpha value is -2.50. The van der Waals surface area contributed by atoms with E-state index in [1.54, 1.807) is 13.8 Å². The van der Waals surface area contributed by atoms with E-state index in [2.05, 4.69) is 0 Å².